The van der Waals surface area contributed by atoms with E-state index < -0.39 is 0 Å². The van der Waals surface area contributed by atoms with Gasteiger partial charge in [0.15, 0.2) is 0 Å². The van der Waals surface area contributed by atoms with Crippen molar-refractivity contribution in [2.24, 2.45) is 5.92 Å². The van der Waals surface area contributed by atoms with Crippen molar-refractivity contribution in [3.8, 4) is 0 Å². The number of nitrogens with zero attached hydrogens (tertiary/aromatic N) is 2. The largest absolute Gasteiger partial charge is 0.312 e. The van der Waals surface area contributed by atoms with E-state index in [1.807, 2.05) is 0 Å². The SMILES string of the molecule is CCCCCC1CC2CCC(C1)N2CCCN1C(=O)CCc2ccccc21. The molecule has 2 unspecified atom stereocenters. The minimum atomic E-state index is 0.311. The van der Waals surface area contributed by atoms with E-state index >= 15 is 0 Å². The highest BCUT2D eigenvalue weighted by atomic mass is 16.2. The maximum atomic E-state index is 12.5. The van der Waals surface area contributed by atoms with E-state index in [0.29, 0.717) is 12.3 Å². The number of amides is 1. The lowest BCUT2D eigenvalue weighted by Crippen LogP contribution is -2.44. The zero-order chi connectivity index (χ0) is 18.6. The summed E-state index contributed by atoms with van der Waals surface area (Å²) < 4.78 is 0. The van der Waals surface area contributed by atoms with Gasteiger partial charge >= 0.3 is 0 Å². The molecular formula is C24H36N2O. The maximum Gasteiger partial charge on any atom is 0.227 e. The van der Waals surface area contributed by atoms with Crippen LogP contribution in [0.1, 0.15) is 76.7 Å². The Morgan fingerprint density at radius 2 is 1.74 bits per heavy atom. The van der Waals surface area contributed by atoms with Gasteiger partial charge in [-0.25, -0.2) is 0 Å². The van der Waals surface area contributed by atoms with Crippen LogP contribution in [0.15, 0.2) is 24.3 Å². The number of hydrogen-bond acceptors (Lipinski definition) is 2. The molecule has 3 heterocycles. The quantitative estimate of drug-likeness (QED) is 0.590. The summed E-state index contributed by atoms with van der Waals surface area (Å²) in [6.07, 6.45) is 14.0. The number of rotatable bonds is 8. The standard InChI is InChI=1S/C24H36N2O/c1-2-3-4-8-19-17-21-12-13-22(18-19)25(21)15-7-16-26-23-10-6-5-9-20(23)11-14-24(26)27/h5-6,9-10,19,21-22H,2-4,7-8,11-18H2,1H3. The Bertz CT molecular complexity index is 629. The molecule has 0 radical (unpaired) electrons. The molecule has 3 heteroatoms. The number of aryl methyl sites for hydroxylation is 1. The first-order chi connectivity index (χ1) is 13.3. The molecule has 2 atom stereocenters. The van der Waals surface area contributed by atoms with Gasteiger partial charge in [0.2, 0.25) is 5.91 Å². The lowest BCUT2D eigenvalue weighted by molar-refractivity contribution is -0.118. The highest BCUT2D eigenvalue weighted by Crippen LogP contribution is 2.40. The van der Waals surface area contributed by atoms with Gasteiger partial charge in [0.1, 0.15) is 0 Å². The highest BCUT2D eigenvalue weighted by Gasteiger charge is 2.39. The lowest BCUT2D eigenvalue weighted by Gasteiger charge is -2.39. The summed E-state index contributed by atoms with van der Waals surface area (Å²) in [4.78, 5) is 17.3. The molecule has 27 heavy (non-hydrogen) atoms. The molecule has 3 aliphatic heterocycles. The third-order valence-corrected chi connectivity index (χ3v) is 7.19. The van der Waals surface area contributed by atoms with Crippen LogP contribution in [0.25, 0.3) is 0 Å². The second-order valence-electron chi connectivity index (χ2n) is 8.98. The molecule has 0 N–H and O–H groups in total. The van der Waals surface area contributed by atoms with Crippen molar-refractivity contribution in [3.05, 3.63) is 29.8 Å². The Morgan fingerprint density at radius 3 is 2.52 bits per heavy atom. The van der Waals surface area contributed by atoms with Gasteiger partial charge in [-0.15, -0.1) is 0 Å². The van der Waals surface area contributed by atoms with E-state index in [4.69, 9.17) is 0 Å². The van der Waals surface area contributed by atoms with Crippen LogP contribution in [0.3, 0.4) is 0 Å². The van der Waals surface area contributed by atoms with Gasteiger partial charge in [-0.1, -0.05) is 50.8 Å². The van der Waals surface area contributed by atoms with Gasteiger partial charge in [-0.2, -0.15) is 0 Å². The first kappa shape index (κ1) is 19.0. The van der Waals surface area contributed by atoms with Crippen molar-refractivity contribution in [2.75, 3.05) is 18.0 Å². The fraction of sp³-hybridized carbons (Fsp3) is 0.708. The van der Waals surface area contributed by atoms with Gasteiger partial charge in [0.25, 0.3) is 0 Å². The van der Waals surface area contributed by atoms with Crippen LogP contribution < -0.4 is 4.90 Å². The Balaban J connectivity index is 1.29. The molecule has 2 saturated heterocycles. The monoisotopic (exact) mass is 368 g/mol. The average molecular weight is 369 g/mol. The van der Waals surface area contributed by atoms with Crippen LogP contribution in [0.5, 0.6) is 0 Å². The summed E-state index contributed by atoms with van der Waals surface area (Å²) in [6, 6.07) is 10.1. The van der Waals surface area contributed by atoms with Crippen molar-refractivity contribution < 1.29 is 4.79 Å². The third kappa shape index (κ3) is 4.23. The van der Waals surface area contributed by atoms with Crippen molar-refractivity contribution >= 4 is 11.6 Å². The van der Waals surface area contributed by atoms with Gasteiger partial charge in [0, 0.05) is 37.3 Å². The van der Waals surface area contributed by atoms with Gasteiger partial charge in [0.05, 0.1) is 0 Å². The Labute approximate surface area is 165 Å². The molecule has 1 aromatic rings. The van der Waals surface area contributed by atoms with E-state index in [1.165, 1.54) is 63.5 Å². The second-order valence-corrected chi connectivity index (χ2v) is 8.98. The van der Waals surface area contributed by atoms with E-state index in [1.54, 1.807) is 0 Å². The molecule has 0 aromatic heterocycles. The molecule has 1 amide bonds. The summed E-state index contributed by atoms with van der Waals surface area (Å²) in [6.45, 7) is 4.35. The first-order valence-electron chi connectivity index (χ1n) is 11.4. The van der Waals surface area contributed by atoms with Gasteiger partial charge in [-0.05, 0) is 56.1 Å². The summed E-state index contributed by atoms with van der Waals surface area (Å²) in [5, 5.41) is 0. The highest BCUT2D eigenvalue weighted by molar-refractivity contribution is 5.96. The topological polar surface area (TPSA) is 23.6 Å². The van der Waals surface area contributed by atoms with Gasteiger partial charge in [-0.3, -0.25) is 9.69 Å². The minimum absolute atomic E-state index is 0.311. The molecule has 2 bridgehead atoms. The smallest absolute Gasteiger partial charge is 0.227 e. The van der Waals surface area contributed by atoms with E-state index in [9.17, 15) is 4.79 Å². The molecule has 3 aliphatic rings. The summed E-state index contributed by atoms with van der Waals surface area (Å²) in [5.74, 6) is 1.28. The zero-order valence-electron chi connectivity index (χ0n) is 17.0. The molecule has 148 valence electrons. The van der Waals surface area contributed by atoms with Crippen LogP contribution >= 0.6 is 0 Å². The zero-order valence-corrected chi connectivity index (χ0v) is 17.0. The average Bonchev–Trinajstić information content (AvgIpc) is 2.92. The third-order valence-electron chi connectivity index (χ3n) is 7.19. The van der Waals surface area contributed by atoms with E-state index in [-0.39, 0.29) is 0 Å². The van der Waals surface area contributed by atoms with Crippen molar-refractivity contribution in [1.29, 1.82) is 0 Å². The number of benzene rings is 1. The molecule has 0 spiro atoms. The normalized spacial score (nSPS) is 27.8. The Kier molecular flexibility index (Phi) is 6.17. The van der Waals surface area contributed by atoms with E-state index in [0.717, 1.165) is 43.1 Å². The van der Waals surface area contributed by atoms with Gasteiger partial charge < -0.3 is 4.90 Å². The number of para-hydroxylation sites is 1. The summed E-state index contributed by atoms with van der Waals surface area (Å²) in [7, 11) is 0. The number of anilines is 1. The van der Waals surface area contributed by atoms with Crippen LogP contribution in [-0.4, -0.2) is 36.0 Å². The fourth-order valence-corrected chi connectivity index (χ4v) is 5.82. The fourth-order valence-electron chi connectivity index (χ4n) is 5.82. The van der Waals surface area contributed by atoms with Crippen molar-refractivity contribution in [2.45, 2.75) is 89.6 Å². The number of carbonyl (C=O) groups is 1. The van der Waals surface area contributed by atoms with Crippen molar-refractivity contribution in [3.63, 3.8) is 0 Å². The Morgan fingerprint density at radius 1 is 0.963 bits per heavy atom. The van der Waals surface area contributed by atoms with Crippen LogP contribution in [0, 0.1) is 5.92 Å². The molecule has 0 aliphatic carbocycles. The number of hydrogen-bond donors (Lipinski definition) is 0. The maximum absolute atomic E-state index is 12.5. The number of carbonyl (C=O) groups excluding carboxylic acids is 1. The first-order valence-corrected chi connectivity index (χ1v) is 11.4. The molecular weight excluding hydrogens is 332 g/mol. The number of unbranched alkanes of at least 4 members (excludes halogenated alkanes) is 2. The van der Waals surface area contributed by atoms with Crippen molar-refractivity contribution in [1.82, 2.24) is 4.90 Å². The predicted octanol–water partition coefficient (Wildman–Crippen LogP) is 5.18. The van der Waals surface area contributed by atoms with Crippen LogP contribution in [-0.2, 0) is 11.2 Å². The minimum Gasteiger partial charge on any atom is -0.312 e. The summed E-state index contributed by atoms with van der Waals surface area (Å²) in [5.41, 5.74) is 2.50. The number of piperidine rings is 1. The van der Waals surface area contributed by atoms with Crippen LogP contribution in [0.4, 0.5) is 5.69 Å². The molecule has 2 fully saturated rings. The predicted molar refractivity (Wildman–Crippen MR) is 112 cm³/mol. The van der Waals surface area contributed by atoms with E-state index in [2.05, 4.69) is 41.0 Å². The molecule has 3 nitrogen and oxygen atoms in total. The molecule has 4 rings (SSSR count). The second kappa shape index (κ2) is 8.77. The Hall–Kier alpha value is -1.35. The number of fused-ring (bicyclic) bond motifs is 3. The summed E-state index contributed by atoms with van der Waals surface area (Å²) >= 11 is 0. The molecule has 0 saturated carbocycles. The lowest BCUT2D eigenvalue weighted by atomic mass is 9.86. The molecule has 1 aromatic carbocycles. The van der Waals surface area contributed by atoms with Crippen LogP contribution in [0.2, 0.25) is 0 Å².